The zero-order valence-electron chi connectivity index (χ0n) is 10.6. The van der Waals surface area contributed by atoms with Gasteiger partial charge in [0.25, 0.3) is 0 Å². The molecular weight excluding hydrogens is 218 g/mol. The number of methoxy groups -OCH3 is 1. The highest BCUT2D eigenvalue weighted by molar-refractivity contribution is 5.82. The highest BCUT2D eigenvalue weighted by atomic mass is 16.5. The molecule has 0 unspecified atom stereocenters. The van der Waals surface area contributed by atoms with Crippen molar-refractivity contribution >= 4 is 5.91 Å². The van der Waals surface area contributed by atoms with E-state index in [-0.39, 0.29) is 5.91 Å². The third kappa shape index (κ3) is 3.42. The van der Waals surface area contributed by atoms with Crippen LogP contribution < -0.4 is 5.32 Å². The summed E-state index contributed by atoms with van der Waals surface area (Å²) in [6.07, 6.45) is 4.75. The van der Waals surface area contributed by atoms with Crippen molar-refractivity contribution in [3.8, 4) is 0 Å². The smallest absolute Gasteiger partial charge is 0.223 e. The molecule has 0 aliphatic heterocycles. The van der Waals surface area contributed by atoms with Gasteiger partial charge >= 0.3 is 0 Å². The largest absolute Gasteiger partial charge is 0.382 e. The van der Waals surface area contributed by atoms with Gasteiger partial charge in [-0.2, -0.15) is 0 Å². The summed E-state index contributed by atoms with van der Waals surface area (Å²) in [7, 11) is 1.66. The van der Waals surface area contributed by atoms with Crippen molar-refractivity contribution in [3.05, 3.63) is 0 Å². The van der Waals surface area contributed by atoms with Gasteiger partial charge in [-0.1, -0.05) is 6.42 Å². The van der Waals surface area contributed by atoms with E-state index in [9.17, 15) is 4.79 Å². The van der Waals surface area contributed by atoms with Crippen LogP contribution in [0.15, 0.2) is 0 Å². The Hall–Kier alpha value is -0.610. The normalized spacial score (nSPS) is 30.1. The molecule has 2 aliphatic carbocycles. The number of fused-ring (bicyclic) bond motifs is 1. The molecule has 4 nitrogen and oxygen atoms in total. The van der Waals surface area contributed by atoms with Crippen LogP contribution in [0.5, 0.6) is 0 Å². The van der Waals surface area contributed by atoms with E-state index in [1.807, 2.05) is 0 Å². The van der Waals surface area contributed by atoms with Crippen LogP contribution in [0, 0.1) is 17.8 Å². The Morgan fingerprint density at radius 3 is 2.71 bits per heavy atom. The molecule has 0 bridgehead atoms. The van der Waals surface area contributed by atoms with E-state index >= 15 is 0 Å². The van der Waals surface area contributed by atoms with Gasteiger partial charge in [0.2, 0.25) is 5.91 Å². The predicted molar refractivity (Wildman–Crippen MR) is 64.6 cm³/mol. The van der Waals surface area contributed by atoms with Gasteiger partial charge in [0, 0.05) is 26.2 Å². The summed E-state index contributed by atoms with van der Waals surface area (Å²) in [6, 6.07) is 0. The molecule has 0 saturated heterocycles. The van der Waals surface area contributed by atoms with Crippen LogP contribution in [-0.2, 0) is 14.3 Å². The minimum absolute atomic E-state index is 0.275. The van der Waals surface area contributed by atoms with Crippen molar-refractivity contribution in [1.82, 2.24) is 5.32 Å². The lowest BCUT2D eigenvalue weighted by molar-refractivity contribution is -0.123. The number of hydrogen-bond donors (Lipinski definition) is 1. The second kappa shape index (κ2) is 6.36. The molecule has 2 rings (SSSR count). The third-order valence-electron chi connectivity index (χ3n) is 3.91. The summed E-state index contributed by atoms with van der Waals surface area (Å²) in [5.41, 5.74) is 0. The standard InChI is InChI=1S/C13H23NO3/c1-16-8-9-17-7-3-6-14-13(15)12-10-4-2-5-11(10)12/h10-12H,2-9H2,1H3,(H,14,15)/t10-,11-/m0/s1. The number of amides is 1. The Balaban J connectivity index is 1.44. The fraction of sp³-hybridized carbons (Fsp3) is 0.923. The van der Waals surface area contributed by atoms with Gasteiger partial charge in [-0.05, 0) is 31.1 Å². The van der Waals surface area contributed by atoms with E-state index in [0.29, 0.717) is 37.6 Å². The Morgan fingerprint density at radius 2 is 2.00 bits per heavy atom. The van der Waals surface area contributed by atoms with E-state index in [2.05, 4.69) is 5.32 Å². The van der Waals surface area contributed by atoms with Gasteiger partial charge in [-0.25, -0.2) is 0 Å². The van der Waals surface area contributed by atoms with Crippen LogP contribution in [0.1, 0.15) is 25.7 Å². The van der Waals surface area contributed by atoms with Crippen LogP contribution >= 0.6 is 0 Å². The molecular formula is C13H23NO3. The second-order valence-electron chi connectivity index (χ2n) is 5.03. The highest BCUT2D eigenvalue weighted by Gasteiger charge is 2.56. The molecule has 0 aromatic carbocycles. The van der Waals surface area contributed by atoms with Crippen LogP contribution in [-0.4, -0.2) is 39.4 Å². The maximum absolute atomic E-state index is 11.8. The predicted octanol–water partition coefficient (Wildman–Crippen LogP) is 1.20. The van der Waals surface area contributed by atoms with Gasteiger partial charge in [0.15, 0.2) is 0 Å². The lowest BCUT2D eigenvalue weighted by Gasteiger charge is -2.07. The molecule has 0 heterocycles. The number of carbonyl (C=O) groups is 1. The number of hydrogen-bond acceptors (Lipinski definition) is 3. The average molecular weight is 241 g/mol. The molecule has 0 radical (unpaired) electrons. The zero-order valence-corrected chi connectivity index (χ0v) is 10.6. The van der Waals surface area contributed by atoms with E-state index in [1.54, 1.807) is 7.11 Å². The minimum Gasteiger partial charge on any atom is -0.382 e. The monoisotopic (exact) mass is 241 g/mol. The fourth-order valence-electron chi connectivity index (χ4n) is 2.96. The molecule has 4 heteroatoms. The zero-order chi connectivity index (χ0) is 12.1. The number of carbonyl (C=O) groups excluding carboxylic acids is 1. The van der Waals surface area contributed by atoms with Crippen LogP contribution in [0.2, 0.25) is 0 Å². The molecule has 2 saturated carbocycles. The first-order valence-electron chi connectivity index (χ1n) is 6.69. The van der Waals surface area contributed by atoms with Crippen LogP contribution in [0.4, 0.5) is 0 Å². The van der Waals surface area contributed by atoms with Crippen molar-refractivity contribution < 1.29 is 14.3 Å². The second-order valence-corrected chi connectivity index (χ2v) is 5.03. The molecule has 0 aromatic heterocycles. The molecule has 2 fully saturated rings. The van der Waals surface area contributed by atoms with Crippen LogP contribution in [0.25, 0.3) is 0 Å². The summed E-state index contributed by atoms with van der Waals surface area (Å²) in [6.45, 7) is 2.71. The Morgan fingerprint density at radius 1 is 1.24 bits per heavy atom. The first kappa shape index (κ1) is 12.8. The Kier molecular flexibility index (Phi) is 4.80. The van der Waals surface area contributed by atoms with Crippen molar-refractivity contribution in [1.29, 1.82) is 0 Å². The van der Waals surface area contributed by atoms with Crippen molar-refractivity contribution in [3.63, 3.8) is 0 Å². The first-order valence-corrected chi connectivity index (χ1v) is 6.69. The molecule has 0 aromatic rings. The Labute approximate surface area is 103 Å². The third-order valence-corrected chi connectivity index (χ3v) is 3.91. The van der Waals surface area contributed by atoms with Gasteiger partial charge in [0.05, 0.1) is 13.2 Å². The summed E-state index contributed by atoms with van der Waals surface area (Å²) in [5.74, 6) is 2.05. The first-order chi connectivity index (χ1) is 8.34. The quantitative estimate of drug-likeness (QED) is 0.650. The summed E-state index contributed by atoms with van der Waals surface area (Å²) in [4.78, 5) is 11.8. The molecule has 2 atom stereocenters. The van der Waals surface area contributed by atoms with Crippen molar-refractivity contribution in [2.24, 2.45) is 17.8 Å². The number of rotatable bonds is 8. The van der Waals surface area contributed by atoms with Gasteiger partial charge in [-0.3, -0.25) is 4.79 Å². The lowest BCUT2D eigenvalue weighted by atomic mass is 10.1. The molecule has 98 valence electrons. The summed E-state index contributed by atoms with van der Waals surface area (Å²) < 4.78 is 10.2. The fourth-order valence-corrected chi connectivity index (χ4v) is 2.96. The average Bonchev–Trinajstić information content (AvgIpc) is 2.82. The SMILES string of the molecule is COCCOCCCNC(=O)C1[C@H]2CCC[C@H]12. The Bertz CT molecular complexity index is 247. The van der Waals surface area contributed by atoms with E-state index in [0.717, 1.165) is 13.0 Å². The molecule has 0 spiro atoms. The minimum atomic E-state index is 0.275. The molecule has 1 N–H and O–H groups in total. The molecule has 1 amide bonds. The van der Waals surface area contributed by atoms with Gasteiger partial charge in [0.1, 0.15) is 0 Å². The molecule has 17 heavy (non-hydrogen) atoms. The highest BCUT2D eigenvalue weighted by Crippen LogP contribution is 2.57. The van der Waals surface area contributed by atoms with Crippen LogP contribution in [0.3, 0.4) is 0 Å². The maximum atomic E-state index is 11.8. The van der Waals surface area contributed by atoms with E-state index in [1.165, 1.54) is 19.3 Å². The van der Waals surface area contributed by atoms with Crippen molar-refractivity contribution in [2.45, 2.75) is 25.7 Å². The summed E-state index contributed by atoms with van der Waals surface area (Å²) in [5, 5.41) is 3.01. The van der Waals surface area contributed by atoms with E-state index in [4.69, 9.17) is 9.47 Å². The van der Waals surface area contributed by atoms with Gasteiger partial charge < -0.3 is 14.8 Å². The summed E-state index contributed by atoms with van der Waals surface area (Å²) >= 11 is 0. The van der Waals surface area contributed by atoms with E-state index < -0.39 is 0 Å². The van der Waals surface area contributed by atoms with Gasteiger partial charge in [-0.15, -0.1) is 0 Å². The molecule has 2 aliphatic rings. The number of ether oxygens (including phenoxy) is 2. The maximum Gasteiger partial charge on any atom is 0.223 e. The topological polar surface area (TPSA) is 47.6 Å². The van der Waals surface area contributed by atoms with Crippen molar-refractivity contribution in [2.75, 3.05) is 33.5 Å². The number of nitrogens with one attached hydrogen (secondary N) is 1. The lowest BCUT2D eigenvalue weighted by Crippen LogP contribution is -2.28.